The van der Waals surface area contributed by atoms with Gasteiger partial charge in [-0.2, -0.15) is 0 Å². The van der Waals surface area contributed by atoms with Gasteiger partial charge in [0.25, 0.3) is 5.91 Å². The molecule has 0 unspecified atom stereocenters. The second-order valence-electron chi connectivity index (χ2n) is 8.84. The molecule has 1 aliphatic heterocycles. The summed E-state index contributed by atoms with van der Waals surface area (Å²) in [5, 5.41) is 3.03. The van der Waals surface area contributed by atoms with Gasteiger partial charge < -0.3 is 19.7 Å². The Morgan fingerprint density at radius 3 is 2.52 bits per heavy atom. The highest BCUT2D eigenvalue weighted by Crippen LogP contribution is 2.32. The summed E-state index contributed by atoms with van der Waals surface area (Å²) in [6.07, 6.45) is 3.10. The number of carbonyl (C=O) groups is 2. The zero-order valence-electron chi connectivity index (χ0n) is 18.5. The molecule has 1 aromatic rings. The first kappa shape index (κ1) is 23.0. The summed E-state index contributed by atoms with van der Waals surface area (Å²) < 4.78 is 11.1. The van der Waals surface area contributed by atoms with Gasteiger partial charge in [0.15, 0.2) is 6.61 Å². The van der Waals surface area contributed by atoms with Crippen LogP contribution in [-0.4, -0.2) is 49.2 Å². The average molecular weight is 405 g/mol. The third-order valence-corrected chi connectivity index (χ3v) is 5.14. The van der Waals surface area contributed by atoms with Gasteiger partial charge >= 0.3 is 6.09 Å². The van der Waals surface area contributed by atoms with Gasteiger partial charge in [0, 0.05) is 19.1 Å². The molecule has 1 aliphatic rings. The third-order valence-electron chi connectivity index (χ3n) is 5.14. The van der Waals surface area contributed by atoms with E-state index in [-0.39, 0.29) is 30.1 Å². The van der Waals surface area contributed by atoms with Crippen LogP contribution in [0.15, 0.2) is 18.2 Å². The second kappa shape index (κ2) is 10.5. The Labute approximate surface area is 174 Å². The molecule has 1 saturated heterocycles. The largest absolute Gasteiger partial charge is 0.483 e. The molecule has 1 aromatic carbocycles. The smallest absolute Gasteiger partial charge is 0.409 e. The molecule has 6 heteroatoms. The number of rotatable bonds is 7. The Balaban J connectivity index is 1.78. The number of nitrogens with one attached hydrogen (secondary N) is 1. The van der Waals surface area contributed by atoms with E-state index in [1.54, 1.807) is 4.90 Å². The summed E-state index contributed by atoms with van der Waals surface area (Å²) in [7, 11) is 0. The number of amides is 2. The number of aryl methyl sites for hydroxylation is 1. The standard InChI is InChI=1S/C23H36N2O4/c1-6-7-14-28-22(27)25-12-10-18(11-13-25)24-21(26)16-29-20-9-8-17(2)15-19(20)23(3,4)5/h8-9,15,18H,6-7,10-14,16H2,1-5H3,(H,24,26). The highest BCUT2D eigenvalue weighted by molar-refractivity contribution is 5.78. The molecular weight excluding hydrogens is 368 g/mol. The van der Waals surface area contributed by atoms with E-state index in [0.717, 1.165) is 37.0 Å². The van der Waals surface area contributed by atoms with E-state index in [1.165, 1.54) is 5.56 Å². The molecule has 162 valence electrons. The lowest BCUT2D eigenvalue weighted by molar-refractivity contribution is -0.124. The topological polar surface area (TPSA) is 67.9 Å². The van der Waals surface area contributed by atoms with Crippen LogP contribution >= 0.6 is 0 Å². The molecule has 0 aromatic heterocycles. The highest BCUT2D eigenvalue weighted by atomic mass is 16.6. The maximum Gasteiger partial charge on any atom is 0.409 e. The quantitative estimate of drug-likeness (QED) is 0.692. The maximum atomic E-state index is 12.4. The van der Waals surface area contributed by atoms with Crippen LogP contribution in [0.2, 0.25) is 0 Å². The molecule has 0 aliphatic carbocycles. The Kier molecular flexibility index (Phi) is 8.35. The normalized spacial score (nSPS) is 15.1. The van der Waals surface area contributed by atoms with Crippen molar-refractivity contribution >= 4 is 12.0 Å². The summed E-state index contributed by atoms with van der Waals surface area (Å²) >= 11 is 0. The minimum Gasteiger partial charge on any atom is -0.483 e. The molecule has 0 bridgehead atoms. The lowest BCUT2D eigenvalue weighted by Crippen LogP contribution is -2.47. The van der Waals surface area contributed by atoms with Crippen LogP contribution in [0.5, 0.6) is 5.75 Å². The van der Waals surface area contributed by atoms with Crippen LogP contribution in [0.4, 0.5) is 4.79 Å². The molecule has 0 atom stereocenters. The number of unbranched alkanes of at least 4 members (excludes halogenated alkanes) is 1. The Morgan fingerprint density at radius 1 is 1.21 bits per heavy atom. The van der Waals surface area contributed by atoms with Crippen LogP contribution in [0, 0.1) is 6.92 Å². The van der Waals surface area contributed by atoms with Gasteiger partial charge in [0.05, 0.1) is 6.61 Å². The van der Waals surface area contributed by atoms with Crippen molar-refractivity contribution in [3.05, 3.63) is 29.3 Å². The van der Waals surface area contributed by atoms with E-state index in [9.17, 15) is 9.59 Å². The zero-order valence-corrected chi connectivity index (χ0v) is 18.5. The molecule has 1 heterocycles. The van der Waals surface area contributed by atoms with Crippen molar-refractivity contribution in [2.24, 2.45) is 0 Å². The number of likely N-dealkylation sites (tertiary alicyclic amines) is 1. The van der Waals surface area contributed by atoms with Crippen molar-refractivity contribution in [1.29, 1.82) is 0 Å². The Bertz CT molecular complexity index is 689. The van der Waals surface area contributed by atoms with Gasteiger partial charge in [-0.25, -0.2) is 4.79 Å². The molecule has 1 fully saturated rings. The van der Waals surface area contributed by atoms with E-state index in [1.807, 2.05) is 12.1 Å². The van der Waals surface area contributed by atoms with Crippen LogP contribution < -0.4 is 10.1 Å². The molecule has 0 spiro atoms. The molecule has 0 saturated carbocycles. The van der Waals surface area contributed by atoms with Crippen molar-refractivity contribution in [2.45, 2.75) is 71.8 Å². The zero-order chi connectivity index (χ0) is 21.4. The predicted octanol–water partition coefficient (Wildman–Crippen LogP) is 4.19. The van der Waals surface area contributed by atoms with E-state index in [0.29, 0.717) is 19.7 Å². The van der Waals surface area contributed by atoms with Crippen LogP contribution in [0.3, 0.4) is 0 Å². The van der Waals surface area contributed by atoms with Crippen molar-refractivity contribution in [2.75, 3.05) is 26.3 Å². The van der Waals surface area contributed by atoms with E-state index in [4.69, 9.17) is 9.47 Å². The number of carbonyl (C=O) groups excluding carboxylic acids is 2. The van der Waals surface area contributed by atoms with Gasteiger partial charge in [0.2, 0.25) is 0 Å². The van der Waals surface area contributed by atoms with Gasteiger partial charge in [-0.3, -0.25) is 4.79 Å². The first-order chi connectivity index (χ1) is 13.7. The summed E-state index contributed by atoms with van der Waals surface area (Å²) in [6.45, 7) is 12.2. The number of hydrogen-bond acceptors (Lipinski definition) is 4. The number of piperidine rings is 1. The summed E-state index contributed by atoms with van der Waals surface area (Å²) in [5.74, 6) is 0.623. The molecular formula is C23H36N2O4. The Morgan fingerprint density at radius 2 is 1.90 bits per heavy atom. The molecule has 6 nitrogen and oxygen atoms in total. The molecule has 1 N–H and O–H groups in total. The minimum atomic E-state index is -0.249. The molecule has 29 heavy (non-hydrogen) atoms. The van der Waals surface area contributed by atoms with Crippen molar-refractivity contribution in [1.82, 2.24) is 10.2 Å². The van der Waals surface area contributed by atoms with Crippen LogP contribution in [-0.2, 0) is 14.9 Å². The number of benzene rings is 1. The predicted molar refractivity (Wildman–Crippen MR) is 114 cm³/mol. The fourth-order valence-corrected chi connectivity index (χ4v) is 3.37. The van der Waals surface area contributed by atoms with Crippen molar-refractivity contribution < 1.29 is 19.1 Å². The van der Waals surface area contributed by atoms with E-state index < -0.39 is 0 Å². The number of hydrogen-bond donors (Lipinski definition) is 1. The highest BCUT2D eigenvalue weighted by Gasteiger charge is 2.25. The summed E-state index contributed by atoms with van der Waals surface area (Å²) in [4.78, 5) is 26.1. The first-order valence-corrected chi connectivity index (χ1v) is 10.7. The van der Waals surface area contributed by atoms with Gasteiger partial charge in [-0.05, 0) is 43.2 Å². The maximum absolute atomic E-state index is 12.4. The van der Waals surface area contributed by atoms with Crippen LogP contribution in [0.1, 0.15) is 64.5 Å². The Hall–Kier alpha value is -2.24. The third kappa shape index (κ3) is 7.26. The van der Waals surface area contributed by atoms with E-state index >= 15 is 0 Å². The number of ether oxygens (including phenoxy) is 2. The van der Waals surface area contributed by atoms with Gasteiger partial charge in [-0.1, -0.05) is 51.8 Å². The lowest BCUT2D eigenvalue weighted by atomic mass is 9.85. The van der Waals surface area contributed by atoms with Crippen LogP contribution in [0.25, 0.3) is 0 Å². The molecule has 0 radical (unpaired) electrons. The van der Waals surface area contributed by atoms with E-state index in [2.05, 4.69) is 46.0 Å². The monoisotopic (exact) mass is 404 g/mol. The summed E-state index contributed by atoms with van der Waals surface area (Å²) in [6, 6.07) is 6.11. The molecule has 2 amide bonds. The molecule has 2 rings (SSSR count). The summed E-state index contributed by atoms with van der Waals surface area (Å²) in [5.41, 5.74) is 2.21. The number of nitrogens with zero attached hydrogens (tertiary/aromatic N) is 1. The van der Waals surface area contributed by atoms with Crippen molar-refractivity contribution in [3.63, 3.8) is 0 Å². The SMILES string of the molecule is CCCCOC(=O)N1CCC(NC(=O)COc2ccc(C)cc2C(C)(C)C)CC1. The van der Waals surface area contributed by atoms with Gasteiger partial charge in [-0.15, -0.1) is 0 Å². The van der Waals surface area contributed by atoms with Crippen molar-refractivity contribution in [3.8, 4) is 5.75 Å². The lowest BCUT2D eigenvalue weighted by Gasteiger charge is -2.31. The first-order valence-electron chi connectivity index (χ1n) is 10.7. The van der Waals surface area contributed by atoms with Gasteiger partial charge in [0.1, 0.15) is 5.75 Å². The second-order valence-corrected chi connectivity index (χ2v) is 8.84. The fourth-order valence-electron chi connectivity index (χ4n) is 3.37. The average Bonchev–Trinajstić information content (AvgIpc) is 2.67. The minimum absolute atomic E-state index is 0.00852. The fraction of sp³-hybridized carbons (Fsp3) is 0.652.